The quantitative estimate of drug-likeness (QED) is 0.475. The zero-order chi connectivity index (χ0) is 24.2. The number of carbonyl (C=O) groups excluding carboxylic acids is 2. The molecule has 0 saturated carbocycles. The van der Waals surface area contributed by atoms with Crippen molar-refractivity contribution in [3.63, 3.8) is 0 Å². The van der Waals surface area contributed by atoms with Crippen molar-refractivity contribution in [3.8, 4) is 11.5 Å². The Labute approximate surface area is 184 Å². The number of fused-ring (bicyclic) bond motifs is 1. The summed E-state index contributed by atoms with van der Waals surface area (Å²) in [6.45, 7) is 2.80. The van der Waals surface area contributed by atoms with Gasteiger partial charge in [0.15, 0.2) is 17.4 Å². The molecular weight excluding hydrogens is 452 g/mol. The van der Waals surface area contributed by atoms with Gasteiger partial charge in [0, 0.05) is 6.07 Å². The molecule has 0 bridgehead atoms. The number of ether oxygens (including phenoxy) is 3. The van der Waals surface area contributed by atoms with Crippen LogP contribution in [0, 0.1) is 5.82 Å². The number of alkyl halides is 3. The second-order valence-corrected chi connectivity index (χ2v) is 6.62. The molecule has 2 N–H and O–H groups in total. The van der Waals surface area contributed by atoms with Crippen molar-refractivity contribution >= 4 is 23.4 Å². The summed E-state index contributed by atoms with van der Waals surface area (Å²) in [6.07, 6.45) is -2.64. The van der Waals surface area contributed by atoms with Crippen LogP contribution in [0.25, 0.3) is 0 Å². The summed E-state index contributed by atoms with van der Waals surface area (Å²) in [5, 5.41) is 5.13. The number of hydrogen-bond acceptors (Lipinski definition) is 6. The van der Waals surface area contributed by atoms with E-state index in [2.05, 4.69) is 26.9 Å². The summed E-state index contributed by atoms with van der Waals surface area (Å²) in [7, 11) is 1.41. The second-order valence-electron chi connectivity index (χ2n) is 6.62. The number of rotatable bonds is 7. The van der Waals surface area contributed by atoms with Gasteiger partial charge in [0.1, 0.15) is 18.9 Å². The van der Waals surface area contributed by atoms with E-state index >= 15 is 0 Å². The maximum atomic E-state index is 14.2. The highest BCUT2D eigenvalue weighted by Crippen LogP contribution is 2.31. The third-order valence-corrected chi connectivity index (χ3v) is 4.42. The first-order valence-corrected chi connectivity index (χ1v) is 9.31. The van der Waals surface area contributed by atoms with Gasteiger partial charge in [-0.25, -0.2) is 14.2 Å². The van der Waals surface area contributed by atoms with Crippen LogP contribution in [0.4, 0.5) is 33.9 Å². The number of urea groups is 1. The van der Waals surface area contributed by atoms with Crippen LogP contribution >= 0.6 is 0 Å². The number of halogens is 4. The normalized spacial score (nSPS) is 14.0. The minimum atomic E-state index is -5.07. The first-order chi connectivity index (χ1) is 15.6. The topological polar surface area (TPSA) is 102 Å². The fraction of sp³-hybridized carbons (Fsp3) is 0.250. The molecule has 0 radical (unpaired) electrons. The summed E-state index contributed by atoms with van der Waals surface area (Å²) < 4.78 is 65.1. The molecule has 3 rings (SSSR count). The van der Waals surface area contributed by atoms with Gasteiger partial charge in [-0.3, -0.25) is 9.69 Å². The average Bonchev–Trinajstić information content (AvgIpc) is 2.75. The molecule has 13 heteroatoms. The van der Waals surface area contributed by atoms with Crippen molar-refractivity contribution in [1.82, 2.24) is 10.3 Å². The van der Waals surface area contributed by atoms with E-state index in [4.69, 9.17) is 9.47 Å². The van der Waals surface area contributed by atoms with Crippen LogP contribution in [0.2, 0.25) is 0 Å². The molecule has 0 aliphatic carbocycles. The molecule has 1 aliphatic rings. The number of pyridine rings is 1. The van der Waals surface area contributed by atoms with Gasteiger partial charge in [-0.05, 0) is 17.7 Å². The molecule has 0 fully saturated rings. The molecular formula is C20H18F4N4O5. The van der Waals surface area contributed by atoms with Crippen molar-refractivity contribution in [1.29, 1.82) is 0 Å². The molecule has 176 valence electrons. The maximum Gasteiger partial charge on any atom is 0.573 e. The summed E-state index contributed by atoms with van der Waals surface area (Å²) in [4.78, 5) is 30.2. The highest BCUT2D eigenvalue weighted by molar-refractivity contribution is 6.08. The minimum absolute atomic E-state index is 0.0848. The standard InChI is InChI=1S/C20H18F4N4O5/c1-3-32-10-15(11-4-5-16(13(21)6-11)33-20(22,23)24)27-19(30)28-9-17(29)26-14-7-12(31-2)8-25-18(14)28/h3-8,15H,1,9-10H2,2H3,(H,26,29)(H,27,30). The lowest BCUT2D eigenvalue weighted by Crippen LogP contribution is -2.49. The zero-order valence-electron chi connectivity index (χ0n) is 17.1. The smallest absolute Gasteiger partial charge is 0.499 e. The number of methoxy groups -OCH3 is 1. The molecule has 1 unspecified atom stereocenters. The fourth-order valence-corrected chi connectivity index (χ4v) is 2.99. The van der Waals surface area contributed by atoms with E-state index in [-0.39, 0.29) is 30.2 Å². The van der Waals surface area contributed by atoms with E-state index in [0.29, 0.717) is 5.75 Å². The van der Waals surface area contributed by atoms with Crippen LogP contribution < -0.4 is 25.0 Å². The van der Waals surface area contributed by atoms with Gasteiger partial charge in [-0.1, -0.05) is 12.6 Å². The molecule has 1 aromatic carbocycles. The van der Waals surface area contributed by atoms with Gasteiger partial charge in [0.2, 0.25) is 5.91 Å². The van der Waals surface area contributed by atoms with Crippen LogP contribution in [-0.2, 0) is 9.53 Å². The predicted octanol–water partition coefficient (Wildman–Crippen LogP) is 3.50. The van der Waals surface area contributed by atoms with E-state index in [9.17, 15) is 27.2 Å². The lowest BCUT2D eigenvalue weighted by molar-refractivity contribution is -0.275. The first-order valence-electron chi connectivity index (χ1n) is 9.31. The molecule has 0 saturated heterocycles. The average molecular weight is 470 g/mol. The Kier molecular flexibility index (Phi) is 6.89. The highest BCUT2D eigenvalue weighted by Gasteiger charge is 2.33. The van der Waals surface area contributed by atoms with E-state index in [1.807, 2.05) is 0 Å². The number of anilines is 2. The van der Waals surface area contributed by atoms with Crippen molar-refractivity contribution in [3.05, 3.63) is 54.7 Å². The Balaban J connectivity index is 1.85. The number of nitrogens with one attached hydrogen (secondary N) is 2. The second kappa shape index (κ2) is 9.63. The summed E-state index contributed by atoms with van der Waals surface area (Å²) in [6, 6.07) is 2.38. The lowest BCUT2D eigenvalue weighted by Gasteiger charge is -2.30. The molecule has 2 heterocycles. The molecule has 2 aromatic rings. The Morgan fingerprint density at radius 2 is 2.15 bits per heavy atom. The van der Waals surface area contributed by atoms with E-state index in [0.717, 1.165) is 29.4 Å². The van der Waals surface area contributed by atoms with Gasteiger partial charge in [0.05, 0.1) is 31.3 Å². The third-order valence-electron chi connectivity index (χ3n) is 4.42. The van der Waals surface area contributed by atoms with Gasteiger partial charge >= 0.3 is 12.4 Å². The van der Waals surface area contributed by atoms with Gasteiger partial charge in [-0.2, -0.15) is 0 Å². The molecule has 1 aliphatic heterocycles. The summed E-state index contributed by atoms with van der Waals surface area (Å²) in [5.74, 6) is -2.33. The van der Waals surface area contributed by atoms with Crippen LogP contribution in [0.15, 0.2) is 43.3 Å². The SMILES string of the molecule is C=COCC(NC(=O)N1CC(=O)Nc2cc(OC)cnc21)c1ccc(OC(F)(F)F)c(F)c1. The molecule has 1 atom stereocenters. The van der Waals surface area contributed by atoms with Crippen LogP contribution in [-0.4, -0.2) is 43.5 Å². The van der Waals surface area contributed by atoms with Crippen molar-refractivity contribution in [2.45, 2.75) is 12.4 Å². The number of hydrogen-bond donors (Lipinski definition) is 2. The Bertz CT molecular complexity index is 1060. The van der Waals surface area contributed by atoms with E-state index in [1.54, 1.807) is 0 Å². The molecule has 3 amide bonds. The largest absolute Gasteiger partial charge is 0.573 e. The molecule has 1 aromatic heterocycles. The van der Waals surface area contributed by atoms with Crippen LogP contribution in [0.1, 0.15) is 11.6 Å². The number of benzene rings is 1. The fourth-order valence-electron chi connectivity index (χ4n) is 2.99. The Hall–Kier alpha value is -4.03. The predicted molar refractivity (Wildman–Crippen MR) is 107 cm³/mol. The monoisotopic (exact) mass is 470 g/mol. The van der Waals surface area contributed by atoms with Crippen LogP contribution in [0.5, 0.6) is 11.5 Å². The van der Waals surface area contributed by atoms with Gasteiger partial charge in [-0.15, -0.1) is 13.2 Å². The van der Waals surface area contributed by atoms with Gasteiger partial charge < -0.3 is 24.8 Å². The summed E-state index contributed by atoms with van der Waals surface area (Å²) in [5.41, 5.74) is 0.320. The van der Waals surface area contributed by atoms with Crippen LogP contribution in [0.3, 0.4) is 0 Å². The van der Waals surface area contributed by atoms with E-state index < -0.39 is 35.9 Å². The minimum Gasteiger partial charge on any atom is -0.499 e. The molecule has 0 spiro atoms. The summed E-state index contributed by atoms with van der Waals surface area (Å²) >= 11 is 0. The number of amides is 3. The maximum absolute atomic E-state index is 14.2. The first kappa shape index (κ1) is 23.6. The Morgan fingerprint density at radius 1 is 1.39 bits per heavy atom. The van der Waals surface area contributed by atoms with Crippen molar-refractivity contribution in [2.24, 2.45) is 0 Å². The van der Waals surface area contributed by atoms with Crippen molar-refractivity contribution < 1.29 is 41.4 Å². The Morgan fingerprint density at radius 3 is 2.79 bits per heavy atom. The number of aromatic nitrogens is 1. The van der Waals surface area contributed by atoms with Crippen molar-refractivity contribution in [2.75, 3.05) is 30.5 Å². The van der Waals surface area contributed by atoms with E-state index in [1.165, 1.54) is 19.4 Å². The molecule has 9 nitrogen and oxygen atoms in total. The molecule has 33 heavy (non-hydrogen) atoms. The zero-order valence-corrected chi connectivity index (χ0v) is 17.1. The highest BCUT2D eigenvalue weighted by atomic mass is 19.4. The lowest BCUT2D eigenvalue weighted by atomic mass is 10.1. The van der Waals surface area contributed by atoms with Gasteiger partial charge in [0.25, 0.3) is 0 Å². The number of nitrogens with zero attached hydrogens (tertiary/aromatic N) is 2. The number of carbonyl (C=O) groups is 2. The third kappa shape index (κ3) is 5.81.